The van der Waals surface area contributed by atoms with Crippen LogP contribution < -0.4 is 0 Å². The van der Waals surface area contributed by atoms with E-state index in [2.05, 4.69) is 18.2 Å². The molecule has 1 fully saturated rings. The predicted octanol–water partition coefficient (Wildman–Crippen LogP) is 2.74. The monoisotopic (exact) mass is 246 g/mol. The van der Waals surface area contributed by atoms with Gasteiger partial charge in [0.05, 0.1) is 11.5 Å². The smallest absolute Gasteiger partial charge is 0.314 e. The molecule has 0 aromatic rings. The molecule has 3 aliphatic rings. The Morgan fingerprint density at radius 2 is 2.11 bits per heavy atom. The van der Waals surface area contributed by atoms with E-state index in [-0.39, 0.29) is 29.5 Å². The molecule has 0 aromatic heterocycles. The topological polar surface area (TPSA) is 35.5 Å². The standard InChI is InChI=1S/C15H18O3/c1-10(2)17-11-5-6-12-13(9-11)18-14(16)15(12)7-3-4-8-15/h3-6,9-10,12-13H,7-8H2,1-2H3. The molecule has 96 valence electrons. The van der Waals surface area contributed by atoms with Gasteiger partial charge in [-0.25, -0.2) is 0 Å². The van der Waals surface area contributed by atoms with Crippen molar-refractivity contribution in [2.75, 3.05) is 0 Å². The average Bonchev–Trinajstić information content (AvgIpc) is 2.87. The van der Waals surface area contributed by atoms with E-state index >= 15 is 0 Å². The highest BCUT2D eigenvalue weighted by atomic mass is 16.6. The minimum absolute atomic E-state index is 0.0609. The second kappa shape index (κ2) is 4.01. The highest BCUT2D eigenvalue weighted by Gasteiger charge is 2.56. The van der Waals surface area contributed by atoms with Crippen LogP contribution in [0.2, 0.25) is 0 Å². The molecular formula is C15H18O3. The van der Waals surface area contributed by atoms with Crippen LogP contribution in [0, 0.1) is 11.3 Å². The number of ether oxygens (including phenoxy) is 2. The number of allylic oxidation sites excluding steroid dienone is 3. The van der Waals surface area contributed by atoms with Gasteiger partial charge < -0.3 is 9.47 Å². The maximum Gasteiger partial charge on any atom is 0.314 e. The largest absolute Gasteiger partial charge is 0.491 e. The Morgan fingerprint density at radius 1 is 1.39 bits per heavy atom. The van der Waals surface area contributed by atoms with Gasteiger partial charge in [0.2, 0.25) is 0 Å². The molecule has 1 aliphatic heterocycles. The Labute approximate surface area is 107 Å². The fraction of sp³-hybridized carbons (Fsp3) is 0.533. The molecule has 2 atom stereocenters. The van der Waals surface area contributed by atoms with Crippen LogP contribution in [0.5, 0.6) is 0 Å². The number of hydrogen-bond acceptors (Lipinski definition) is 3. The fourth-order valence-corrected chi connectivity index (χ4v) is 3.07. The van der Waals surface area contributed by atoms with Crippen molar-refractivity contribution >= 4 is 5.97 Å². The quantitative estimate of drug-likeness (QED) is 0.555. The molecule has 1 heterocycles. The Morgan fingerprint density at radius 3 is 2.78 bits per heavy atom. The molecule has 0 aromatic carbocycles. The first-order chi connectivity index (χ1) is 8.62. The third kappa shape index (κ3) is 1.61. The van der Waals surface area contributed by atoms with Crippen molar-refractivity contribution < 1.29 is 14.3 Å². The van der Waals surface area contributed by atoms with Crippen molar-refractivity contribution in [1.29, 1.82) is 0 Å². The Bertz CT molecular complexity index is 448. The molecule has 3 heteroatoms. The molecule has 18 heavy (non-hydrogen) atoms. The summed E-state index contributed by atoms with van der Waals surface area (Å²) in [5.41, 5.74) is -0.346. The van der Waals surface area contributed by atoms with Crippen LogP contribution in [0.15, 0.2) is 36.1 Å². The summed E-state index contributed by atoms with van der Waals surface area (Å²) in [6.07, 6.45) is 11.7. The second-order valence-corrected chi connectivity index (χ2v) is 5.53. The lowest BCUT2D eigenvalue weighted by molar-refractivity contribution is -0.147. The lowest BCUT2D eigenvalue weighted by Gasteiger charge is -2.27. The van der Waals surface area contributed by atoms with E-state index in [1.165, 1.54) is 0 Å². The first kappa shape index (κ1) is 11.6. The van der Waals surface area contributed by atoms with Gasteiger partial charge in [0, 0.05) is 5.92 Å². The zero-order valence-electron chi connectivity index (χ0n) is 10.8. The summed E-state index contributed by atoms with van der Waals surface area (Å²) in [4.78, 5) is 12.1. The fourth-order valence-electron chi connectivity index (χ4n) is 3.07. The van der Waals surface area contributed by atoms with Gasteiger partial charge in [-0.1, -0.05) is 18.2 Å². The maximum atomic E-state index is 12.1. The third-order valence-electron chi connectivity index (χ3n) is 3.94. The number of rotatable bonds is 2. The van der Waals surface area contributed by atoms with Gasteiger partial charge in [-0.05, 0) is 38.8 Å². The van der Waals surface area contributed by atoms with Crippen LogP contribution in [0.4, 0.5) is 0 Å². The van der Waals surface area contributed by atoms with Crippen LogP contribution in [0.1, 0.15) is 26.7 Å². The van der Waals surface area contributed by atoms with Gasteiger partial charge in [0.15, 0.2) is 0 Å². The highest BCUT2D eigenvalue weighted by molar-refractivity contribution is 5.82. The van der Waals surface area contributed by atoms with Gasteiger partial charge in [-0.15, -0.1) is 0 Å². The summed E-state index contributed by atoms with van der Waals surface area (Å²) in [5, 5.41) is 0. The van der Waals surface area contributed by atoms with E-state index in [4.69, 9.17) is 9.47 Å². The number of carbonyl (C=O) groups is 1. The molecule has 0 radical (unpaired) electrons. The lowest BCUT2D eigenvalue weighted by Crippen LogP contribution is -2.31. The Hall–Kier alpha value is -1.51. The van der Waals surface area contributed by atoms with Crippen LogP contribution >= 0.6 is 0 Å². The normalized spacial score (nSPS) is 31.7. The molecule has 3 nitrogen and oxygen atoms in total. The first-order valence-electron chi connectivity index (χ1n) is 6.54. The molecule has 1 spiro atoms. The minimum Gasteiger partial charge on any atom is -0.491 e. The van der Waals surface area contributed by atoms with Crippen LogP contribution in [0.25, 0.3) is 0 Å². The van der Waals surface area contributed by atoms with Gasteiger partial charge in [0.25, 0.3) is 0 Å². The minimum atomic E-state index is -0.346. The van der Waals surface area contributed by atoms with Gasteiger partial charge in [0.1, 0.15) is 11.9 Å². The Kier molecular flexibility index (Phi) is 2.58. The molecule has 0 saturated carbocycles. The molecule has 2 unspecified atom stereocenters. The van der Waals surface area contributed by atoms with Gasteiger partial charge in [-0.3, -0.25) is 4.79 Å². The zero-order valence-corrected chi connectivity index (χ0v) is 10.8. The molecule has 3 rings (SSSR count). The van der Waals surface area contributed by atoms with E-state index in [0.717, 1.165) is 18.6 Å². The Balaban J connectivity index is 1.84. The average molecular weight is 246 g/mol. The van der Waals surface area contributed by atoms with Crippen LogP contribution in [0.3, 0.4) is 0 Å². The van der Waals surface area contributed by atoms with Crippen LogP contribution in [-0.4, -0.2) is 18.2 Å². The number of carbonyl (C=O) groups excluding carboxylic acids is 1. The van der Waals surface area contributed by atoms with E-state index in [1.807, 2.05) is 26.0 Å². The molecular weight excluding hydrogens is 228 g/mol. The summed E-state index contributed by atoms with van der Waals surface area (Å²) in [7, 11) is 0. The lowest BCUT2D eigenvalue weighted by atomic mass is 9.72. The van der Waals surface area contributed by atoms with E-state index in [1.54, 1.807) is 0 Å². The molecule has 0 bridgehead atoms. The third-order valence-corrected chi connectivity index (χ3v) is 3.94. The second-order valence-electron chi connectivity index (χ2n) is 5.53. The number of fused-ring (bicyclic) bond motifs is 2. The summed E-state index contributed by atoms with van der Waals surface area (Å²) < 4.78 is 11.2. The summed E-state index contributed by atoms with van der Waals surface area (Å²) in [5.74, 6) is 0.899. The molecule has 0 amide bonds. The number of esters is 1. The van der Waals surface area contributed by atoms with Crippen molar-refractivity contribution in [2.24, 2.45) is 11.3 Å². The summed E-state index contributed by atoms with van der Waals surface area (Å²) >= 11 is 0. The van der Waals surface area contributed by atoms with Crippen LogP contribution in [-0.2, 0) is 14.3 Å². The van der Waals surface area contributed by atoms with Crippen molar-refractivity contribution in [2.45, 2.75) is 38.9 Å². The van der Waals surface area contributed by atoms with Crippen molar-refractivity contribution in [3.8, 4) is 0 Å². The van der Waals surface area contributed by atoms with Crippen molar-refractivity contribution in [3.05, 3.63) is 36.1 Å². The summed E-state index contributed by atoms with van der Waals surface area (Å²) in [6.45, 7) is 3.98. The van der Waals surface area contributed by atoms with E-state index in [9.17, 15) is 4.79 Å². The highest BCUT2D eigenvalue weighted by Crippen LogP contribution is 2.51. The van der Waals surface area contributed by atoms with E-state index < -0.39 is 0 Å². The van der Waals surface area contributed by atoms with Crippen molar-refractivity contribution in [3.63, 3.8) is 0 Å². The molecule has 1 saturated heterocycles. The molecule has 0 N–H and O–H groups in total. The van der Waals surface area contributed by atoms with Gasteiger partial charge in [-0.2, -0.15) is 0 Å². The summed E-state index contributed by atoms with van der Waals surface area (Å²) in [6, 6.07) is 0. The zero-order chi connectivity index (χ0) is 12.8. The van der Waals surface area contributed by atoms with Crippen molar-refractivity contribution in [1.82, 2.24) is 0 Å². The number of hydrogen-bond donors (Lipinski definition) is 0. The van der Waals surface area contributed by atoms with Gasteiger partial charge >= 0.3 is 5.97 Å². The molecule has 2 aliphatic carbocycles. The van der Waals surface area contributed by atoms with E-state index in [0.29, 0.717) is 0 Å². The maximum absolute atomic E-state index is 12.1. The first-order valence-corrected chi connectivity index (χ1v) is 6.54. The SMILES string of the molecule is CC(C)OC1=CC2OC(=O)C3(CC=CC3)C2C=C1. The predicted molar refractivity (Wildman–Crippen MR) is 67.6 cm³/mol.